The topological polar surface area (TPSA) is 0 Å². The van der Waals surface area contributed by atoms with Gasteiger partial charge in [0.05, 0.1) is 26.7 Å². The normalized spacial score (nSPS) is 13.6. The number of quaternary nitrogens is 1. The molecule has 0 aromatic heterocycles. The van der Waals surface area contributed by atoms with Gasteiger partial charge in [0.25, 0.3) is 0 Å². The first-order valence-corrected chi connectivity index (χ1v) is 10.7. The lowest BCUT2D eigenvalue weighted by Crippen LogP contribution is -3.00. The Bertz CT molecular complexity index is 214. The van der Waals surface area contributed by atoms with Crippen LogP contribution in [0.1, 0.15) is 90.9 Å². The lowest BCUT2D eigenvalue weighted by atomic mass is 10.1. The third-order valence-electron chi connectivity index (χ3n) is 4.68. The Labute approximate surface area is 155 Å². The Hall–Kier alpha value is 0.730. The Balaban J connectivity index is 0. The summed E-state index contributed by atoms with van der Waals surface area (Å²) in [4.78, 5) is 0. The zero-order valence-electron chi connectivity index (χ0n) is 15.5. The molecule has 0 heterocycles. The summed E-state index contributed by atoms with van der Waals surface area (Å²) < 4.78 is 1.31. The molecule has 0 spiro atoms. The van der Waals surface area contributed by atoms with Crippen LogP contribution in [-0.2, 0) is 0 Å². The molecule has 1 unspecified atom stereocenters. The van der Waals surface area contributed by atoms with E-state index in [0.717, 1.165) is 5.33 Å². The summed E-state index contributed by atoms with van der Waals surface area (Å²) in [7, 11) is 2.49. The molecule has 0 radical (unpaired) electrons. The van der Waals surface area contributed by atoms with Crippen LogP contribution < -0.4 is 12.4 Å². The van der Waals surface area contributed by atoms with Crippen molar-refractivity contribution in [1.82, 2.24) is 0 Å². The Morgan fingerprint density at radius 2 is 0.955 bits per heavy atom. The van der Waals surface area contributed by atoms with Crippen molar-refractivity contribution >= 4 is 15.9 Å². The summed E-state index contributed by atoms with van der Waals surface area (Å²) in [5, 5.41) is 1.16. The molecule has 0 aliphatic heterocycles. The molecule has 0 aromatic rings. The van der Waals surface area contributed by atoms with Crippen LogP contribution in [0.5, 0.6) is 0 Å². The van der Waals surface area contributed by atoms with Gasteiger partial charge in [-0.1, -0.05) is 74.7 Å². The predicted octanol–water partition coefficient (Wildman–Crippen LogP) is 3.55. The molecule has 0 aliphatic carbocycles. The van der Waals surface area contributed by atoms with Gasteiger partial charge < -0.3 is 16.9 Å². The third-order valence-corrected chi connectivity index (χ3v) is 5.25. The second kappa shape index (κ2) is 18.1. The molecular formula is C19H41BrClN. The summed E-state index contributed by atoms with van der Waals surface area (Å²) in [5.74, 6) is 0. The highest BCUT2D eigenvalue weighted by atomic mass is 79.9. The van der Waals surface area contributed by atoms with Gasteiger partial charge >= 0.3 is 0 Å². The standard InChI is InChI=1S/C19H41BrN.ClH/c1-4-6-8-10-12-14-18-21(3,19-15-16-20)17-13-11-9-7-5-2;/h4-19H2,1-3H3;1H/q+1;/p-1. The zero-order chi connectivity index (χ0) is 15.8. The minimum Gasteiger partial charge on any atom is -1.00 e. The molecule has 0 saturated heterocycles. The second-order valence-corrected chi connectivity index (χ2v) is 7.81. The van der Waals surface area contributed by atoms with Crippen molar-refractivity contribution in [2.24, 2.45) is 0 Å². The molecular weight excluding hydrogens is 358 g/mol. The van der Waals surface area contributed by atoms with Gasteiger partial charge in [-0.25, -0.2) is 0 Å². The number of nitrogens with zero attached hydrogens (tertiary/aromatic N) is 1. The second-order valence-electron chi connectivity index (χ2n) is 7.01. The van der Waals surface area contributed by atoms with Crippen molar-refractivity contribution in [3.8, 4) is 0 Å². The zero-order valence-corrected chi connectivity index (χ0v) is 17.9. The molecule has 0 bridgehead atoms. The molecule has 1 nitrogen and oxygen atoms in total. The van der Waals surface area contributed by atoms with E-state index in [4.69, 9.17) is 0 Å². The molecule has 22 heavy (non-hydrogen) atoms. The quantitative estimate of drug-likeness (QED) is 0.212. The van der Waals surface area contributed by atoms with Crippen LogP contribution >= 0.6 is 15.9 Å². The van der Waals surface area contributed by atoms with Gasteiger partial charge in [-0.2, -0.15) is 0 Å². The van der Waals surface area contributed by atoms with E-state index in [9.17, 15) is 0 Å². The van der Waals surface area contributed by atoms with Crippen LogP contribution in [0.25, 0.3) is 0 Å². The van der Waals surface area contributed by atoms with Gasteiger partial charge in [0.15, 0.2) is 0 Å². The first kappa shape index (κ1) is 25.0. The maximum absolute atomic E-state index is 3.60. The third kappa shape index (κ3) is 15.6. The average Bonchev–Trinajstić information content (AvgIpc) is 2.49. The van der Waals surface area contributed by atoms with Gasteiger partial charge in [-0.05, 0) is 25.7 Å². The molecule has 3 heteroatoms. The van der Waals surface area contributed by atoms with Gasteiger partial charge in [-0.3, -0.25) is 0 Å². The van der Waals surface area contributed by atoms with E-state index in [1.807, 2.05) is 0 Å². The Kier molecular flexibility index (Phi) is 20.5. The van der Waals surface area contributed by atoms with E-state index in [2.05, 4.69) is 36.8 Å². The number of halogens is 2. The number of hydrogen-bond donors (Lipinski definition) is 0. The predicted molar refractivity (Wildman–Crippen MR) is 101 cm³/mol. The summed E-state index contributed by atoms with van der Waals surface area (Å²) in [6.07, 6.45) is 16.9. The largest absolute Gasteiger partial charge is 1.00 e. The molecule has 1 atom stereocenters. The van der Waals surface area contributed by atoms with E-state index in [1.54, 1.807) is 0 Å². The van der Waals surface area contributed by atoms with Crippen molar-refractivity contribution in [1.29, 1.82) is 0 Å². The van der Waals surface area contributed by atoms with Gasteiger partial charge in [0.1, 0.15) is 0 Å². The van der Waals surface area contributed by atoms with Crippen LogP contribution in [0, 0.1) is 0 Å². The van der Waals surface area contributed by atoms with E-state index in [0.29, 0.717) is 0 Å². The van der Waals surface area contributed by atoms with Crippen molar-refractivity contribution in [2.45, 2.75) is 90.9 Å². The highest BCUT2D eigenvalue weighted by Gasteiger charge is 2.19. The SMILES string of the molecule is CCCCCCCC[N+](C)(CCCBr)CCCCCCC.[Cl-]. The molecule has 0 N–H and O–H groups in total. The minimum atomic E-state index is 0. The molecule has 0 aliphatic rings. The number of rotatable bonds is 16. The fraction of sp³-hybridized carbons (Fsp3) is 1.00. The van der Waals surface area contributed by atoms with Crippen molar-refractivity contribution in [2.75, 3.05) is 32.0 Å². The smallest absolute Gasteiger partial charge is 0.0792 e. The van der Waals surface area contributed by atoms with Crippen LogP contribution in [0.15, 0.2) is 0 Å². The lowest BCUT2D eigenvalue weighted by molar-refractivity contribution is -0.910. The molecule has 136 valence electrons. The van der Waals surface area contributed by atoms with E-state index in [1.165, 1.54) is 101 Å². The number of alkyl halides is 1. The summed E-state index contributed by atoms with van der Waals surface area (Å²) in [5.41, 5.74) is 0. The molecule has 0 amide bonds. The maximum Gasteiger partial charge on any atom is 0.0792 e. The molecule has 0 rings (SSSR count). The van der Waals surface area contributed by atoms with E-state index >= 15 is 0 Å². The van der Waals surface area contributed by atoms with Crippen molar-refractivity contribution in [3.63, 3.8) is 0 Å². The molecule has 0 aromatic carbocycles. The van der Waals surface area contributed by atoms with Crippen molar-refractivity contribution < 1.29 is 16.9 Å². The highest BCUT2D eigenvalue weighted by Crippen LogP contribution is 2.14. The van der Waals surface area contributed by atoms with Crippen LogP contribution in [0.2, 0.25) is 0 Å². The van der Waals surface area contributed by atoms with Crippen LogP contribution in [0.3, 0.4) is 0 Å². The van der Waals surface area contributed by atoms with Gasteiger partial charge in [0.2, 0.25) is 0 Å². The Morgan fingerprint density at radius 3 is 1.36 bits per heavy atom. The van der Waals surface area contributed by atoms with Crippen molar-refractivity contribution in [3.05, 3.63) is 0 Å². The van der Waals surface area contributed by atoms with Crippen LogP contribution in [0.4, 0.5) is 0 Å². The highest BCUT2D eigenvalue weighted by molar-refractivity contribution is 9.09. The summed E-state index contributed by atoms with van der Waals surface area (Å²) >= 11 is 3.60. The first-order valence-electron chi connectivity index (χ1n) is 9.58. The lowest BCUT2D eigenvalue weighted by Gasteiger charge is -2.35. The summed E-state index contributed by atoms with van der Waals surface area (Å²) in [6.45, 7) is 8.74. The maximum atomic E-state index is 3.60. The fourth-order valence-electron chi connectivity index (χ4n) is 3.15. The number of unbranched alkanes of at least 4 members (excludes halogenated alkanes) is 9. The van der Waals surface area contributed by atoms with Gasteiger partial charge in [0, 0.05) is 11.8 Å². The monoisotopic (exact) mass is 397 g/mol. The average molecular weight is 399 g/mol. The Morgan fingerprint density at radius 1 is 0.591 bits per heavy atom. The van der Waals surface area contributed by atoms with E-state index < -0.39 is 0 Å². The van der Waals surface area contributed by atoms with Gasteiger partial charge in [-0.15, -0.1) is 0 Å². The fourth-order valence-corrected chi connectivity index (χ4v) is 3.40. The number of hydrogen-bond acceptors (Lipinski definition) is 0. The molecule has 0 fully saturated rings. The molecule has 0 saturated carbocycles. The minimum absolute atomic E-state index is 0. The first-order chi connectivity index (χ1) is 10.2. The van der Waals surface area contributed by atoms with Crippen LogP contribution in [-0.4, -0.2) is 36.5 Å². The summed E-state index contributed by atoms with van der Waals surface area (Å²) in [6, 6.07) is 0. The van der Waals surface area contributed by atoms with E-state index in [-0.39, 0.29) is 12.4 Å².